The van der Waals surface area contributed by atoms with Crippen LogP contribution in [0.15, 0.2) is 0 Å². The molecule has 0 aromatic rings. The third-order valence-corrected chi connectivity index (χ3v) is 2.38. The number of ketones is 1. The molecule has 0 heterocycles. The molecular formula is C9H17NO2S. The summed E-state index contributed by atoms with van der Waals surface area (Å²) in [5.41, 5.74) is 5.54. The van der Waals surface area contributed by atoms with Crippen molar-refractivity contribution in [3.8, 4) is 0 Å². The zero-order valence-corrected chi connectivity index (χ0v) is 8.80. The van der Waals surface area contributed by atoms with E-state index in [-0.39, 0.29) is 18.1 Å². The minimum absolute atomic E-state index is 0.0380. The van der Waals surface area contributed by atoms with E-state index in [1.54, 1.807) is 0 Å². The Morgan fingerprint density at radius 2 is 2.23 bits per heavy atom. The Balaban J connectivity index is 4.17. The second-order valence-electron chi connectivity index (χ2n) is 3.08. The molecule has 0 saturated carbocycles. The molecule has 0 radical (unpaired) electrons. The lowest BCUT2D eigenvalue weighted by Gasteiger charge is -2.15. The molecule has 3 nitrogen and oxygen atoms in total. The molecule has 2 atom stereocenters. The van der Waals surface area contributed by atoms with E-state index in [0.29, 0.717) is 5.75 Å². The van der Waals surface area contributed by atoms with Crippen LogP contribution in [0.2, 0.25) is 0 Å². The Hall–Kier alpha value is -0.350. The Morgan fingerprint density at radius 1 is 1.62 bits per heavy atom. The van der Waals surface area contributed by atoms with Gasteiger partial charge in [0, 0.05) is 18.1 Å². The number of hydrogen-bond acceptors (Lipinski definition) is 4. The predicted octanol–water partition coefficient (Wildman–Crippen LogP) is 0.818. The minimum atomic E-state index is -0.528. The first-order valence-electron chi connectivity index (χ1n) is 4.51. The van der Waals surface area contributed by atoms with Crippen molar-refractivity contribution in [2.45, 2.75) is 32.2 Å². The summed E-state index contributed by atoms with van der Waals surface area (Å²) in [6, 6.07) is -0.528. The van der Waals surface area contributed by atoms with Gasteiger partial charge in [-0.2, -0.15) is 12.6 Å². The van der Waals surface area contributed by atoms with Gasteiger partial charge < -0.3 is 10.5 Å². The maximum Gasteiger partial charge on any atom is 0.153 e. The van der Waals surface area contributed by atoms with E-state index in [0.717, 1.165) is 19.1 Å². The van der Waals surface area contributed by atoms with Crippen LogP contribution < -0.4 is 5.73 Å². The predicted molar refractivity (Wildman–Crippen MR) is 55.9 cm³/mol. The lowest BCUT2D eigenvalue weighted by molar-refractivity contribution is -0.125. The van der Waals surface area contributed by atoms with Crippen molar-refractivity contribution in [3.05, 3.63) is 0 Å². The Bertz CT molecular complexity index is 173. The van der Waals surface area contributed by atoms with Crippen molar-refractivity contribution in [3.63, 3.8) is 0 Å². The monoisotopic (exact) mass is 203 g/mol. The first-order valence-corrected chi connectivity index (χ1v) is 5.14. The molecule has 0 aliphatic heterocycles. The lowest BCUT2D eigenvalue weighted by Crippen LogP contribution is -2.37. The largest absolute Gasteiger partial charge is 0.321 e. The average molecular weight is 203 g/mol. The Kier molecular flexibility index (Phi) is 6.90. The van der Waals surface area contributed by atoms with Crippen molar-refractivity contribution >= 4 is 24.7 Å². The highest BCUT2D eigenvalue weighted by Gasteiger charge is 2.21. The molecule has 76 valence electrons. The van der Waals surface area contributed by atoms with E-state index >= 15 is 0 Å². The fourth-order valence-corrected chi connectivity index (χ4v) is 1.41. The highest BCUT2D eigenvalue weighted by molar-refractivity contribution is 7.80. The molecule has 0 spiro atoms. The molecule has 1 unspecified atom stereocenters. The average Bonchev–Trinajstić information content (AvgIpc) is 2.15. The normalized spacial score (nSPS) is 15.0. The van der Waals surface area contributed by atoms with Crippen LogP contribution in [0.4, 0.5) is 0 Å². The molecule has 0 rings (SSSR count). The summed E-state index contributed by atoms with van der Waals surface area (Å²) in [4.78, 5) is 21.8. The van der Waals surface area contributed by atoms with Crippen LogP contribution in [0, 0.1) is 5.92 Å². The zero-order valence-electron chi connectivity index (χ0n) is 7.90. The molecule has 0 fully saturated rings. The van der Waals surface area contributed by atoms with E-state index in [9.17, 15) is 9.59 Å². The maximum atomic E-state index is 11.5. The number of carbonyl (C=O) groups excluding carboxylic acids is 2. The second-order valence-corrected chi connectivity index (χ2v) is 3.44. The van der Waals surface area contributed by atoms with Gasteiger partial charge in [0.15, 0.2) is 5.78 Å². The second kappa shape index (κ2) is 7.09. The summed E-state index contributed by atoms with van der Waals surface area (Å²) in [6.07, 6.45) is 2.69. The minimum Gasteiger partial charge on any atom is -0.321 e. The molecule has 0 saturated heterocycles. The van der Waals surface area contributed by atoms with Gasteiger partial charge in [0.05, 0.1) is 6.04 Å². The maximum absolute atomic E-state index is 11.5. The van der Waals surface area contributed by atoms with E-state index in [4.69, 9.17) is 5.73 Å². The topological polar surface area (TPSA) is 60.2 Å². The van der Waals surface area contributed by atoms with Crippen LogP contribution >= 0.6 is 12.6 Å². The number of rotatable bonds is 7. The lowest BCUT2D eigenvalue weighted by atomic mass is 9.92. The standard InChI is InChI=1S/C9H17NO2S/c1-2-3-7(4-5-11)9(12)8(10)6-13/h5,7-8,13H,2-4,6,10H2,1H3/t7?,8-/m0/s1. The SMILES string of the molecule is CCCC(CC=O)C(=O)[C@@H](N)CS. The first kappa shape index (κ1) is 12.7. The third-order valence-electron chi connectivity index (χ3n) is 1.98. The summed E-state index contributed by atoms with van der Waals surface area (Å²) < 4.78 is 0. The van der Waals surface area contributed by atoms with Crippen molar-refractivity contribution in [2.24, 2.45) is 11.7 Å². The fourth-order valence-electron chi connectivity index (χ4n) is 1.23. The fraction of sp³-hybridized carbons (Fsp3) is 0.778. The molecule has 2 N–H and O–H groups in total. The molecular weight excluding hydrogens is 186 g/mol. The van der Waals surface area contributed by atoms with Gasteiger partial charge in [0.1, 0.15) is 6.29 Å². The van der Waals surface area contributed by atoms with Gasteiger partial charge >= 0.3 is 0 Å². The van der Waals surface area contributed by atoms with Crippen LogP contribution in [0.5, 0.6) is 0 Å². The molecule has 0 aliphatic rings. The van der Waals surface area contributed by atoms with Gasteiger partial charge in [-0.3, -0.25) is 4.79 Å². The first-order chi connectivity index (χ1) is 6.17. The highest BCUT2D eigenvalue weighted by Crippen LogP contribution is 2.12. The summed E-state index contributed by atoms with van der Waals surface area (Å²) in [7, 11) is 0. The molecule has 0 aliphatic carbocycles. The zero-order chi connectivity index (χ0) is 10.3. The molecule has 0 amide bonds. The van der Waals surface area contributed by atoms with Crippen molar-refractivity contribution in [1.29, 1.82) is 0 Å². The van der Waals surface area contributed by atoms with Gasteiger partial charge in [0.25, 0.3) is 0 Å². The number of nitrogens with two attached hydrogens (primary N) is 1. The van der Waals surface area contributed by atoms with E-state index in [2.05, 4.69) is 12.6 Å². The molecule has 0 aromatic carbocycles. The quantitative estimate of drug-likeness (QED) is 0.475. The summed E-state index contributed by atoms with van der Waals surface area (Å²) >= 11 is 3.95. The van der Waals surface area contributed by atoms with E-state index in [1.165, 1.54) is 0 Å². The van der Waals surface area contributed by atoms with Gasteiger partial charge in [-0.15, -0.1) is 0 Å². The molecule has 0 bridgehead atoms. The van der Waals surface area contributed by atoms with Gasteiger partial charge in [-0.05, 0) is 6.42 Å². The van der Waals surface area contributed by atoms with Crippen LogP contribution in [-0.4, -0.2) is 23.9 Å². The Labute approximate surface area is 84.5 Å². The van der Waals surface area contributed by atoms with E-state index < -0.39 is 6.04 Å². The summed E-state index contributed by atoms with van der Waals surface area (Å²) in [5.74, 6) is 0.103. The number of thiol groups is 1. The number of Topliss-reactive ketones (excluding diaryl/α,β-unsaturated/α-hetero) is 1. The van der Waals surface area contributed by atoms with Crippen LogP contribution in [0.25, 0.3) is 0 Å². The van der Waals surface area contributed by atoms with E-state index in [1.807, 2.05) is 6.92 Å². The summed E-state index contributed by atoms with van der Waals surface area (Å²) in [5, 5.41) is 0. The van der Waals surface area contributed by atoms with Gasteiger partial charge in [-0.1, -0.05) is 13.3 Å². The summed E-state index contributed by atoms with van der Waals surface area (Å²) in [6.45, 7) is 1.98. The molecule has 0 aromatic heterocycles. The Morgan fingerprint density at radius 3 is 2.62 bits per heavy atom. The highest BCUT2D eigenvalue weighted by atomic mass is 32.1. The number of hydrogen-bond donors (Lipinski definition) is 2. The smallest absolute Gasteiger partial charge is 0.153 e. The van der Waals surface area contributed by atoms with Crippen LogP contribution in [0.3, 0.4) is 0 Å². The van der Waals surface area contributed by atoms with Crippen LogP contribution in [0.1, 0.15) is 26.2 Å². The van der Waals surface area contributed by atoms with Gasteiger partial charge in [-0.25, -0.2) is 0 Å². The van der Waals surface area contributed by atoms with Crippen molar-refractivity contribution < 1.29 is 9.59 Å². The van der Waals surface area contributed by atoms with Crippen molar-refractivity contribution in [2.75, 3.05) is 5.75 Å². The third kappa shape index (κ3) is 4.43. The number of aldehydes is 1. The van der Waals surface area contributed by atoms with Crippen LogP contribution in [-0.2, 0) is 9.59 Å². The van der Waals surface area contributed by atoms with Crippen molar-refractivity contribution in [1.82, 2.24) is 0 Å². The van der Waals surface area contributed by atoms with Gasteiger partial charge in [0.2, 0.25) is 0 Å². The molecule has 4 heteroatoms. The number of carbonyl (C=O) groups is 2. The molecule has 13 heavy (non-hydrogen) atoms.